The molecule has 0 bridgehead atoms. The molecular formula is C18H14N2O. The summed E-state index contributed by atoms with van der Waals surface area (Å²) < 4.78 is 1.51. The molecule has 102 valence electrons. The minimum atomic E-state index is -0.0710. The molecule has 3 rings (SSSR count). The van der Waals surface area contributed by atoms with Gasteiger partial charge in [-0.3, -0.25) is 0 Å². The molecule has 3 aromatic rings. The summed E-state index contributed by atoms with van der Waals surface area (Å²) in [6.45, 7) is 0. The first-order valence-corrected chi connectivity index (χ1v) is 6.70. The van der Waals surface area contributed by atoms with E-state index in [2.05, 4.69) is 5.10 Å². The first-order chi connectivity index (χ1) is 10.3. The molecule has 3 heteroatoms. The highest BCUT2D eigenvalue weighted by molar-refractivity contribution is 5.69. The molecule has 0 radical (unpaired) electrons. The van der Waals surface area contributed by atoms with Crippen LogP contribution in [0.3, 0.4) is 0 Å². The normalized spacial score (nSPS) is 11.3. The molecule has 0 aliphatic heterocycles. The van der Waals surface area contributed by atoms with E-state index in [-0.39, 0.29) is 5.76 Å². The topological polar surface area (TPSA) is 39.8 Å². The lowest BCUT2D eigenvalue weighted by Crippen LogP contribution is -2.31. The Bertz CT molecular complexity index is 735. The Morgan fingerprint density at radius 3 is 2.24 bits per heavy atom. The number of aromatic nitrogens is 2. The highest BCUT2D eigenvalue weighted by Gasteiger charge is 1.99. The quantitative estimate of drug-likeness (QED) is 0.543. The van der Waals surface area contributed by atoms with Crippen molar-refractivity contribution >= 4 is 12.0 Å². The van der Waals surface area contributed by atoms with Gasteiger partial charge < -0.3 is 5.11 Å². The van der Waals surface area contributed by atoms with Gasteiger partial charge in [0.2, 0.25) is 6.20 Å². The van der Waals surface area contributed by atoms with Gasteiger partial charge in [0.05, 0.1) is 6.20 Å². The van der Waals surface area contributed by atoms with E-state index in [1.807, 2.05) is 66.7 Å². The fourth-order valence-electron chi connectivity index (χ4n) is 2.07. The van der Waals surface area contributed by atoms with Gasteiger partial charge in [0.1, 0.15) is 0 Å². The summed E-state index contributed by atoms with van der Waals surface area (Å²) in [6, 6.07) is 21.3. The Kier molecular flexibility index (Phi) is 3.74. The molecule has 0 fully saturated rings. The fraction of sp³-hybridized carbons (Fsp3) is 0. The van der Waals surface area contributed by atoms with E-state index in [9.17, 15) is 5.11 Å². The summed E-state index contributed by atoms with van der Waals surface area (Å²) in [4.78, 5) is 0. The summed E-state index contributed by atoms with van der Waals surface area (Å²) in [5.41, 5.74) is 2.88. The molecule has 3 nitrogen and oxygen atoms in total. The molecule has 0 saturated heterocycles. The van der Waals surface area contributed by atoms with Crippen molar-refractivity contribution in [1.29, 1.82) is 0 Å². The number of hydrogen-bond acceptors (Lipinski definition) is 2. The van der Waals surface area contributed by atoms with Crippen LogP contribution in [-0.4, -0.2) is 5.10 Å². The summed E-state index contributed by atoms with van der Waals surface area (Å²) >= 11 is 0. The second kappa shape index (κ2) is 6.01. The Balaban J connectivity index is 1.86. The van der Waals surface area contributed by atoms with Crippen LogP contribution < -0.4 is 9.79 Å². The van der Waals surface area contributed by atoms with E-state index in [4.69, 9.17) is 0 Å². The second-order valence-corrected chi connectivity index (χ2v) is 4.62. The minimum absolute atomic E-state index is 0.0710. The lowest BCUT2D eigenvalue weighted by molar-refractivity contribution is -0.635. The molecule has 2 aromatic carbocycles. The number of hydrogen-bond donors (Lipinski definition) is 0. The van der Waals surface area contributed by atoms with Crippen LogP contribution >= 0.6 is 0 Å². The van der Waals surface area contributed by atoms with Crippen molar-refractivity contribution in [1.82, 2.24) is 5.10 Å². The molecule has 0 saturated carbocycles. The van der Waals surface area contributed by atoms with Crippen LogP contribution in [0.5, 0.6) is 0 Å². The number of nitrogens with zero attached hydrogens (tertiary/aromatic N) is 2. The molecule has 0 amide bonds. The summed E-state index contributed by atoms with van der Waals surface area (Å²) in [6.07, 6.45) is 4.84. The van der Waals surface area contributed by atoms with Gasteiger partial charge in [-0.15, -0.1) is 0 Å². The monoisotopic (exact) mass is 274 g/mol. The zero-order valence-corrected chi connectivity index (χ0v) is 11.4. The van der Waals surface area contributed by atoms with Gasteiger partial charge in [-0.2, -0.15) is 0 Å². The van der Waals surface area contributed by atoms with Gasteiger partial charge >= 0.3 is 0 Å². The van der Waals surface area contributed by atoms with Gasteiger partial charge in [0.15, 0.2) is 6.20 Å². The average molecular weight is 274 g/mol. The lowest BCUT2D eigenvalue weighted by atomic mass is 10.0. The second-order valence-electron chi connectivity index (χ2n) is 4.62. The molecule has 0 unspecified atom stereocenters. The standard InChI is InChI=1S/C18H14N2O/c21-18(14-20-13-5-4-12-19-20)17-10-8-16(9-11-17)15-6-2-1-3-7-15/h1-14H. The predicted octanol–water partition coefficient (Wildman–Crippen LogP) is 2.35. The van der Waals surface area contributed by atoms with E-state index in [0.717, 1.165) is 11.1 Å². The minimum Gasteiger partial charge on any atom is -0.868 e. The van der Waals surface area contributed by atoms with Gasteiger partial charge in [0, 0.05) is 6.07 Å². The maximum atomic E-state index is 12.1. The summed E-state index contributed by atoms with van der Waals surface area (Å²) in [7, 11) is 0. The Labute approximate surface area is 123 Å². The smallest absolute Gasteiger partial charge is 0.202 e. The first kappa shape index (κ1) is 13.1. The molecule has 21 heavy (non-hydrogen) atoms. The van der Waals surface area contributed by atoms with Crippen LogP contribution in [0.1, 0.15) is 5.56 Å². The van der Waals surface area contributed by atoms with Crippen LogP contribution in [0.15, 0.2) is 79.1 Å². The van der Waals surface area contributed by atoms with Crippen LogP contribution in [0.4, 0.5) is 0 Å². The molecule has 0 spiro atoms. The molecule has 0 atom stereocenters. The largest absolute Gasteiger partial charge is 0.868 e. The highest BCUT2D eigenvalue weighted by Crippen LogP contribution is 2.20. The van der Waals surface area contributed by atoms with E-state index in [1.165, 1.54) is 10.9 Å². The third-order valence-corrected chi connectivity index (χ3v) is 3.16. The van der Waals surface area contributed by atoms with Gasteiger partial charge in [-0.1, -0.05) is 59.3 Å². The molecule has 1 aromatic heterocycles. The van der Waals surface area contributed by atoms with E-state index in [1.54, 1.807) is 12.4 Å². The van der Waals surface area contributed by atoms with Crippen molar-refractivity contribution < 1.29 is 9.79 Å². The van der Waals surface area contributed by atoms with Crippen molar-refractivity contribution in [3.05, 3.63) is 84.7 Å². The maximum Gasteiger partial charge on any atom is 0.202 e. The van der Waals surface area contributed by atoms with Crippen molar-refractivity contribution in [3.63, 3.8) is 0 Å². The summed E-state index contributed by atoms with van der Waals surface area (Å²) in [5.74, 6) is -0.0710. The van der Waals surface area contributed by atoms with Gasteiger partial charge in [-0.05, 0) is 33.6 Å². The van der Waals surface area contributed by atoms with E-state index in [0.29, 0.717) is 5.56 Å². The average Bonchev–Trinajstić information content (AvgIpc) is 2.57. The Morgan fingerprint density at radius 2 is 1.57 bits per heavy atom. The van der Waals surface area contributed by atoms with Crippen molar-refractivity contribution in [2.24, 2.45) is 0 Å². The van der Waals surface area contributed by atoms with Crippen molar-refractivity contribution in [3.8, 4) is 11.1 Å². The van der Waals surface area contributed by atoms with Gasteiger partial charge in [-0.25, -0.2) is 0 Å². The molecule has 1 heterocycles. The van der Waals surface area contributed by atoms with Crippen LogP contribution in [0.25, 0.3) is 23.1 Å². The zero-order valence-electron chi connectivity index (χ0n) is 11.4. The zero-order chi connectivity index (χ0) is 14.5. The van der Waals surface area contributed by atoms with Crippen molar-refractivity contribution in [2.45, 2.75) is 0 Å². The molecule has 0 N–H and O–H groups in total. The SMILES string of the molecule is [O-]/C(=C\[n+]1ccccn1)c1ccc(-c2ccccc2)cc1. The predicted molar refractivity (Wildman–Crippen MR) is 80.5 cm³/mol. The third-order valence-electron chi connectivity index (χ3n) is 3.16. The van der Waals surface area contributed by atoms with Crippen molar-refractivity contribution in [2.75, 3.05) is 0 Å². The third kappa shape index (κ3) is 3.15. The Morgan fingerprint density at radius 1 is 0.857 bits per heavy atom. The molecule has 0 aliphatic carbocycles. The highest BCUT2D eigenvalue weighted by atomic mass is 16.3. The number of rotatable bonds is 3. The fourth-order valence-corrected chi connectivity index (χ4v) is 2.07. The molecule has 0 aliphatic rings. The lowest BCUT2D eigenvalue weighted by Gasteiger charge is -2.09. The van der Waals surface area contributed by atoms with Crippen LogP contribution in [0, 0.1) is 0 Å². The maximum absolute atomic E-state index is 12.1. The number of benzene rings is 2. The van der Waals surface area contributed by atoms with Crippen LogP contribution in [0.2, 0.25) is 0 Å². The van der Waals surface area contributed by atoms with E-state index < -0.39 is 0 Å². The molecular weight excluding hydrogens is 260 g/mol. The van der Waals surface area contributed by atoms with Crippen LogP contribution in [-0.2, 0) is 0 Å². The summed E-state index contributed by atoms with van der Waals surface area (Å²) in [5, 5.41) is 16.2. The van der Waals surface area contributed by atoms with Gasteiger partial charge in [0.25, 0.3) is 0 Å². The van der Waals surface area contributed by atoms with E-state index >= 15 is 0 Å². The Hall–Kier alpha value is -2.94. The first-order valence-electron chi connectivity index (χ1n) is 6.70.